The molecule has 0 saturated carbocycles. The molecule has 1 atom stereocenters. The number of hydrogen-bond donors (Lipinski definition) is 1. The van der Waals surface area contributed by atoms with Crippen LogP contribution in [0.4, 0.5) is 0 Å². The highest BCUT2D eigenvalue weighted by Crippen LogP contribution is 2.28. The molecule has 5 nitrogen and oxygen atoms in total. The Hall–Kier alpha value is -3.99. The third-order valence-electron chi connectivity index (χ3n) is 5.76. The van der Waals surface area contributed by atoms with Gasteiger partial charge in [-0.1, -0.05) is 48.5 Å². The lowest BCUT2D eigenvalue weighted by Gasteiger charge is -2.21. The number of rotatable bonds is 10. The molecule has 0 aromatic heterocycles. The van der Waals surface area contributed by atoms with Gasteiger partial charge < -0.3 is 19.3 Å². The Kier molecular flexibility index (Phi) is 7.25. The van der Waals surface area contributed by atoms with Gasteiger partial charge in [0.15, 0.2) is 5.60 Å². The third-order valence-corrected chi connectivity index (χ3v) is 5.76. The molecule has 0 fully saturated rings. The quantitative estimate of drug-likeness (QED) is 0.271. The molecule has 0 amide bonds. The molecule has 4 rings (SSSR count). The van der Waals surface area contributed by atoms with Crippen LogP contribution in [0.1, 0.15) is 27.2 Å². The van der Waals surface area contributed by atoms with Crippen LogP contribution in [0.25, 0.3) is 21.9 Å². The minimum absolute atomic E-state index is 0.0243. The van der Waals surface area contributed by atoms with Crippen molar-refractivity contribution in [1.29, 1.82) is 0 Å². The summed E-state index contributed by atoms with van der Waals surface area (Å²) in [5.41, 5.74) is 1.08. The van der Waals surface area contributed by atoms with Crippen molar-refractivity contribution in [2.24, 2.45) is 0 Å². The van der Waals surface area contributed by atoms with E-state index in [9.17, 15) is 9.90 Å². The van der Waals surface area contributed by atoms with Gasteiger partial charge in [0.2, 0.25) is 0 Å². The normalized spacial score (nSPS) is 12.2. The largest absolute Gasteiger partial charge is 0.493 e. The zero-order valence-electron chi connectivity index (χ0n) is 20.2. The Balaban J connectivity index is 1.31. The van der Waals surface area contributed by atoms with Crippen LogP contribution in [-0.2, 0) is 4.79 Å². The number of fused-ring (bicyclic) bond motifs is 1. The summed E-state index contributed by atoms with van der Waals surface area (Å²) in [5, 5.41) is 11.5. The topological polar surface area (TPSA) is 65.0 Å². The van der Waals surface area contributed by atoms with Gasteiger partial charge in [0.05, 0.1) is 12.7 Å². The summed E-state index contributed by atoms with van der Waals surface area (Å²) in [6, 6.07) is 29.9. The Bertz CT molecular complexity index is 1280. The van der Waals surface area contributed by atoms with Gasteiger partial charge in [-0.15, -0.1) is 0 Å². The number of aliphatic carboxylic acids is 1. The van der Waals surface area contributed by atoms with E-state index in [1.807, 2.05) is 31.2 Å². The van der Waals surface area contributed by atoms with Crippen molar-refractivity contribution in [3.05, 3.63) is 91.0 Å². The first kappa shape index (κ1) is 24.1. The van der Waals surface area contributed by atoms with Gasteiger partial charge in [-0.25, -0.2) is 4.79 Å². The smallest absolute Gasteiger partial charge is 0.347 e. The maximum atomic E-state index is 11.2. The number of ether oxygens (including phenoxy) is 3. The summed E-state index contributed by atoms with van der Waals surface area (Å²) >= 11 is 0. The average Bonchev–Trinajstić information content (AvgIpc) is 2.85. The van der Waals surface area contributed by atoms with Crippen LogP contribution in [0.3, 0.4) is 0 Å². The van der Waals surface area contributed by atoms with Crippen molar-refractivity contribution in [2.45, 2.75) is 38.9 Å². The fourth-order valence-electron chi connectivity index (χ4n) is 3.68. The molecule has 4 aromatic carbocycles. The third kappa shape index (κ3) is 6.33. The molecule has 5 heteroatoms. The van der Waals surface area contributed by atoms with Crippen molar-refractivity contribution in [3.8, 4) is 28.4 Å². The van der Waals surface area contributed by atoms with E-state index in [-0.39, 0.29) is 6.10 Å². The van der Waals surface area contributed by atoms with E-state index in [4.69, 9.17) is 14.2 Å². The van der Waals surface area contributed by atoms with Crippen LogP contribution in [0.15, 0.2) is 91.0 Å². The van der Waals surface area contributed by atoms with Crippen molar-refractivity contribution < 1.29 is 24.1 Å². The van der Waals surface area contributed by atoms with E-state index >= 15 is 0 Å². The Morgan fingerprint density at radius 1 is 0.800 bits per heavy atom. The van der Waals surface area contributed by atoms with E-state index in [1.165, 1.54) is 30.4 Å². The molecule has 1 N–H and O–H groups in total. The molecule has 0 aliphatic carbocycles. The number of hydrogen-bond acceptors (Lipinski definition) is 4. The first-order valence-electron chi connectivity index (χ1n) is 11.7. The standard InChI is InChI=1S/C30H30O5/c1-21(17-18-33-26-13-15-27(16-14-26)35-30(2,3)29(31)32)34-28-12-11-23-9-10-24(19-25(23)20-28)22-7-5-4-6-8-22/h4-16,19-21H,17-18H2,1-3H3,(H,31,32). The summed E-state index contributed by atoms with van der Waals surface area (Å²) in [4.78, 5) is 11.2. The van der Waals surface area contributed by atoms with Gasteiger partial charge in [0, 0.05) is 6.42 Å². The van der Waals surface area contributed by atoms with Crippen LogP contribution in [0.5, 0.6) is 17.2 Å². The highest BCUT2D eigenvalue weighted by Gasteiger charge is 2.29. The van der Waals surface area contributed by atoms with Crippen molar-refractivity contribution in [2.75, 3.05) is 6.61 Å². The molecule has 0 saturated heterocycles. The van der Waals surface area contributed by atoms with Crippen molar-refractivity contribution >= 4 is 16.7 Å². The zero-order chi connectivity index (χ0) is 24.8. The summed E-state index contributed by atoms with van der Waals surface area (Å²) in [6.07, 6.45) is 0.690. The van der Waals surface area contributed by atoms with Crippen molar-refractivity contribution in [3.63, 3.8) is 0 Å². The number of benzene rings is 4. The van der Waals surface area contributed by atoms with Crippen LogP contribution >= 0.6 is 0 Å². The maximum Gasteiger partial charge on any atom is 0.347 e. The summed E-state index contributed by atoms with van der Waals surface area (Å²) in [5.74, 6) is 0.984. The van der Waals surface area contributed by atoms with Gasteiger partial charge in [-0.3, -0.25) is 0 Å². The fourth-order valence-corrected chi connectivity index (χ4v) is 3.68. The minimum Gasteiger partial charge on any atom is -0.493 e. The highest BCUT2D eigenvalue weighted by atomic mass is 16.5. The maximum absolute atomic E-state index is 11.2. The fraction of sp³-hybridized carbons (Fsp3) is 0.233. The molecule has 0 bridgehead atoms. The van der Waals surface area contributed by atoms with E-state index in [2.05, 4.69) is 42.5 Å². The molecule has 0 aliphatic heterocycles. The molecule has 4 aromatic rings. The summed E-state index contributed by atoms with van der Waals surface area (Å²) in [6.45, 7) is 5.55. The monoisotopic (exact) mass is 470 g/mol. The molecule has 180 valence electrons. The van der Waals surface area contributed by atoms with Gasteiger partial charge in [-0.05, 0) is 85.1 Å². The Morgan fingerprint density at radius 3 is 2.17 bits per heavy atom. The lowest BCUT2D eigenvalue weighted by Crippen LogP contribution is -2.37. The van der Waals surface area contributed by atoms with Crippen LogP contribution in [-0.4, -0.2) is 29.4 Å². The van der Waals surface area contributed by atoms with E-state index in [1.54, 1.807) is 24.3 Å². The second-order valence-corrected chi connectivity index (χ2v) is 9.04. The minimum atomic E-state index is -1.29. The lowest BCUT2D eigenvalue weighted by atomic mass is 10.0. The molecular weight excluding hydrogens is 440 g/mol. The Labute approximate surface area is 205 Å². The van der Waals surface area contributed by atoms with E-state index in [0.29, 0.717) is 24.5 Å². The molecule has 35 heavy (non-hydrogen) atoms. The molecule has 0 radical (unpaired) electrons. The predicted molar refractivity (Wildman–Crippen MR) is 138 cm³/mol. The average molecular weight is 471 g/mol. The lowest BCUT2D eigenvalue weighted by molar-refractivity contribution is -0.152. The van der Waals surface area contributed by atoms with Crippen LogP contribution in [0, 0.1) is 0 Å². The van der Waals surface area contributed by atoms with Crippen LogP contribution in [0.2, 0.25) is 0 Å². The zero-order valence-corrected chi connectivity index (χ0v) is 20.2. The molecule has 1 unspecified atom stereocenters. The highest BCUT2D eigenvalue weighted by molar-refractivity contribution is 5.88. The van der Waals surface area contributed by atoms with Gasteiger partial charge >= 0.3 is 5.97 Å². The summed E-state index contributed by atoms with van der Waals surface area (Å²) < 4.78 is 17.5. The van der Waals surface area contributed by atoms with E-state index in [0.717, 1.165) is 11.1 Å². The summed E-state index contributed by atoms with van der Waals surface area (Å²) in [7, 11) is 0. The SMILES string of the molecule is CC(CCOc1ccc(OC(C)(C)C(=O)O)cc1)Oc1ccc2ccc(-c3ccccc3)cc2c1. The number of carboxylic acids is 1. The Morgan fingerprint density at radius 2 is 1.46 bits per heavy atom. The van der Waals surface area contributed by atoms with Gasteiger partial charge in [0.25, 0.3) is 0 Å². The number of carbonyl (C=O) groups is 1. The van der Waals surface area contributed by atoms with Gasteiger partial charge in [0.1, 0.15) is 17.2 Å². The van der Waals surface area contributed by atoms with Crippen LogP contribution < -0.4 is 14.2 Å². The molecule has 0 spiro atoms. The first-order chi connectivity index (χ1) is 16.8. The first-order valence-corrected chi connectivity index (χ1v) is 11.7. The molecule has 0 heterocycles. The van der Waals surface area contributed by atoms with E-state index < -0.39 is 11.6 Å². The number of carboxylic acid groups (broad SMARTS) is 1. The van der Waals surface area contributed by atoms with Gasteiger partial charge in [-0.2, -0.15) is 0 Å². The molecule has 0 aliphatic rings. The molecular formula is C30H30O5. The van der Waals surface area contributed by atoms with Crippen molar-refractivity contribution in [1.82, 2.24) is 0 Å². The predicted octanol–water partition coefficient (Wildman–Crippen LogP) is 6.99. The second-order valence-electron chi connectivity index (χ2n) is 9.04. The second kappa shape index (κ2) is 10.5.